The molecule has 0 rings (SSSR count). The average Bonchev–Trinajstić information content (AvgIpc) is 2.68. The molecule has 0 nitrogen and oxygen atoms in total. The smallest absolute Gasteiger partial charge is 0.0443 e. The molecule has 0 heterocycles. The maximum Gasteiger partial charge on any atom is -0.0443 e. The van der Waals surface area contributed by atoms with Crippen LogP contribution in [0, 0.1) is 11.8 Å². The van der Waals surface area contributed by atoms with Crippen molar-refractivity contribution in [1.29, 1.82) is 0 Å². The minimum absolute atomic E-state index is 0.960. The van der Waals surface area contributed by atoms with Crippen LogP contribution < -0.4 is 0 Å². The van der Waals surface area contributed by atoms with E-state index in [2.05, 4.69) is 27.7 Å². The molecule has 2 unspecified atom stereocenters. The lowest BCUT2D eigenvalue weighted by molar-refractivity contribution is 0.426. The normalized spacial score (nSPS) is 13.7. The number of unbranched alkanes of at least 4 members (excludes halogenated alkanes) is 15. The zero-order valence-corrected chi connectivity index (χ0v) is 20.7. The summed E-state index contributed by atoms with van der Waals surface area (Å²) >= 11 is 0. The van der Waals surface area contributed by atoms with Gasteiger partial charge < -0.3 is 0 Å². The van der Waals surface area contributed by atoms with E-state index in [1.165, 1.54) is 141 Å². The van der Waals surface area contributed by atoms with Crippen molar-refractivity contribution in [2.24, 2.45) is 11.8 Å². The Hall–Kier alpha value is 0. The average molecular weight is 395 g/mol. The van der Waals surface area contributed by atoms with Crippen molar-refractivity contribution in [3.63, 3.8) is 0 Å². The standard InChI is InChI=1S/C28H58/c1-5-7-8-9-10-11-12-14-18-21-25-28(4)26-22-19-16-13-15-17-20-24-27(3)23-6-2/h27-28H,5-26H2,1-4H3. The molecule has 0 spiro atoms. The SMILES string of the molecule is CCCCCCCCCCCCC(C)CCCCCCCCCC(C)CCC. The van der Waals surface area contributed by atoms with Crippen molar-refractivity contribution >= 4 is 0 Å². The molecule has 28 heavy (non-hydrogen) atoms. The van der Waals surface area contributed by atoms with Gasteiger partial charge in [-0.1, -0.05) is 169 Å². The lowest BCUT2D eigenvalue weighted by Gasteiger charge is -2.11. The van der Waals surface area contributed by atoms with Crippen LogP contribution in [0.2, 0.25) is 0 Å². The van der Waals surface area contributed by atoms with E-state index in [-0.39, 0.29) is 0 Å². The van der Waals surface area contributed by atoms with Gasteiger partial charge in [-0.3, -0.25) is 0 Å². The highest BCUT2D eigenvalue weighted by molar-refractivity contribution is 4.57. The van der Waals surface area contributed by atoms with Crippen LogP contribution in [0.15, 0.2) is 0 Å². The van der Waals surface area contributed by atoms with E-state index in [0.717, 1.165) is 11.8 Å². The Kier molecular flexibility index (Phi) is 23.3. The van der Waals surface area contributed by atoms with Crippen LogP contribution in [-0.4, -0.2) is 0 Å². The maximum absolute atomic E-state index is 2.49. The van der Waals surface area contributed by atoms with Gasteiger partial charge in [0, 0.05) is 0 Å². The summed E-state index contributed by atoms with van der Waals surface area (Å²) in [4.78, 5) is 0. The molecule has 0 bridgehead atoms. The summed E-state index contributed by atoms with van der Waals surface area (Å²) in [6.07, 6.45) is 32.2. The molecule has 0 aliphatic heterocycles. The molecule has 0 aromatic carbocycles. The minimum atomic E-state index is 0.960. The molecule has 0 aliphatic rings. The van der Waals surface area contributed by atoms with Gasteiger partial charge in [0.1, 0.15) is 0 Å². The van der Waals surface area contributed by atoms with Crippen molar-refractivity contribution in [3.8, 4) is 0 Å². The van der Waals surface area contributed by atoms with Crippen LogP contribution in [0.4, 0.5) is 0 Å². The lowest BCUT2D eigenvalue weighted by Crippen LogP contribution is -1.95. The summed E-state index contributed by atoms with van der Waals surface area (Å²) in [5, 5.41) is 0. The van der Waals surface area contributed by atoms with Gasteiger partial charge in [0.15, 0.2) is 0 Å². The molecule has 0 heteroatoms. The second-order valence-electron chi connectivity index (χ2n) is 10.0. The van der Waals surface area contributed by atoms with Crippen molar-refractivity contribution in [3.05, 3.63) is 0 Å². The van der Waals surface area contributed by atoms with Gasteiger partial charge in [0.2, 0.25) is 0 Å². The summed E-state index contributed by atoms with van der Waals surface area (Å²) in [5.41, 5.74) is 0. The van der Waals surface area contributed by atoms with E-state index in [9.17, 15) is 0 Å². The van der Waals surface area contributed by atoms with Crippen molar-refractivity contribution in [2.75, 3.05) is 0 Å². The fraction of sp³-hybridized carbons (Fsp3) is 1.00. The highest BCUT2D eigenvalue weighted by atomic mass is 14.1. The minimum Gasteiger partial charge on any atom is -0.0654 e. The Morgan fingerprint density at radius 1 is 0.321 bits per heavy atom. The Balaban J connectivity index is 3.18. The van der Waals surface area contributed by atoms with Gasteiger partial charge in [-0.25, -0.2) is 0 Å². The molecule has 0 saturated heterocycles. The highest BCUT2D eigenvalue weighted by Crippen LogP contribution is 2.20. The van der Waals surface area contributed by atoms with E-state index in [1.54, 1.807) is 0 Å². The Labute approximate surface area is 181 Å². The summed E-state index contributed by atoms with van der Waals surface area (Å²) in [6, 6.07) is 0. The monoisotopic (exact) mass is 394 g/mol. The molecule has 0 aromatic rings. The fourth-order valence-corrected chi connectivity index (χ4v) is 4.63. The number of hydrogen-bond donors (Lipinski definition) is 0. The molecule has 0 aliphatic carbocycles. The number of hydrogen-bond acceptors (Lipinski definition) is 0. The summed E-state index contributed by atoms with van der Waals surface area (Å²) in [7, 11) is 0. The Bertz CT molecular complexity index is 269. The molecule has 0 N–H and O–H groups in total. The molecule has 0 aromatic heterocycles. The van der Waals surface area contributed by atoms with Crippen molar-refractivity contribution in [2.45, 2.75) is 169 Å². The molecule has 0 amide bonds. The van der Waals surface area contributed by atoms with Crippen molar-refractivity contribution < 1.29 is 0 Å². The van der Waals surface area contributed by atoms with Gasteiger partial charge in [0.05, 0.1) is 0 Å². The van der Waals surface area contributed by atoms with E-state index in [1.807, 2.05) is 0 Å². The molecule has 0 radical (unpaired) electrons. The Morgan fingerprint density at radius 3 is 0.929 bits per heavy atom. The second-order valence-corrected chi connectivity index (χ2v) is 10.0. The largest absolute Gasteiger partial charge is 0.0654 e. The molecule has 2 atom stereocenters. The molecule has 0 fully saturated rings. The van der Waals surface area contributed by atoms with Gasteiger partial charge in [-0.15, -0.1) is 0 Å². The predicted octanol–water partition coefficient (Wildman–Crippen LogP) is 10.9. The third kappa shape index (κ3) is 22.3. The van der Waals surface area contributed by atoms with E-state index < -0.39 is 0 Å². The first-order chi connectivity index (χ1) is 13.7. The fourth-order valence-electron chi connectivity index (χ4n) is 4.63. The molecular weight excluding hydrogens is 336 g/mol. The summed E-state index contributed by atoms with van der Waals surface area (Å²) < 4.78 is 0. The van der Waals surface area contributed by atoms with Crippen LogP contribution in [0.1, 0.15) is 169 Å². The van der Waals surface area contributed by atoms with Crippen LogP contribution in [0.3, 0.4) is 0 Å². The third-order valence-electron chi connectivity index (χ3n) is 6.73. The highest BCUT2D eigenvalue weighted by Gasteiger charge is 2.03. The number of rotatable bonds is 23. The first-order valence-electron chi connectivity index (χ1n) is 13.7. The van der Waals surface area contributed by atoms with E-state index in [4.69, 9.17) is 0 Å². The van der Waals surface area contributed by atoms with E-state index >= 15 is 0 Å². The zero-order valence-electron chi connectivity index (χ0n) is 20.7. The van der Waals surface area contributed by atoms with Crippen molar-refractivity contribution in [1.82, 2.24) is 0 Å². The zero-order chi connectivity index (χ0) is 20.7. The second kappa shape index (κ2) is 23.3. The predicted molar refractivity (Wildman–Crippen MR) is 131 cm³/mol. The van der Waals surface area contributed by atoms with Crippen LogP contribution in [-0.2, 0) is 0 Å². The topological polar surface area (TPSA) is 0 Å². The first-order valence-corrected chi connectivity index (χ1v) is 13.7. The summed E-state index contributed by atoms with van der Waals surface area (Å²) in [5.74, 6) is 1.93. The molecular formula is C28H58. The quantitative estimate of drug-likeness (QED) is 0.151. The molecule has 0 saturated carbocycles. The van der Waals surface area contributed by atoms with Gasteiger partial charge in [-0.05, 0) is 11.8 Å². The van der Waals surface area contributed by atoms with Crippen LogP contribution in [0.5, 0.6) is 0 Å². The van der Waals surface area contributed by atoms with E-state index in [0.29, 0.717) is 0 Å². The molecule has 170 valence electrons. The van der Waals surface area contributed by atoms with Crippen LogP contribution in [0.25, 0.3) is 0 Å². The lowest BCUT2D eigenvalue weighted by atomic mass is 9.95. The van der Waals surface area contributed by atoms with Gasteiger partial charge >= 0.3 is 0 Å². The summed E-state index contributed by atoms with van der Waals surface area (Å²) in [6.45, 7) is 9.54. The van der Waals surface area contributed by atoms with Gasteiger partial charge in [0.25, 0.3) is 0 Å². The van der Waals surface area contributed by atoms with Gasteiger partial charge in [-0.2, -0.15) is 0 Å². The first kappa shape index (κ1) is 28.0. The third-order valence-corrected chi connectivity index (χ3v) is 6.73. The maximum atomic E-state index is 2.49. The Morgan fingerprint density at radius 2 is 0.607 bits per heavy atom. The van der Waals surface area contributed by atoms with Crippen LogP contribution >= 0.6 is 0 Å².